The topological polar surface area (TPSA) is 34.1 Å². The van der Waals surface area contributed by atoms with Gasteiger partial charge < -0.3 is 0 Å². The first-order valence-electron chi connectivity index (χ1n) is 8.49. The van der Waals surface area contributed by atoms with Gasteiger partial charge in [-0.05, 0) is 61.2 Å². The third kappa shape index (κ3) is 1.78. The first-order valence-corrected chi connectivity index (χ1v) is 9.40. The van der Waals surface area contributed by atoms with Gasteiger partial charge >= 0.3 is 0 Å². The minimum atomic E-state index is -0.0837. The maximum absolute atomic E-state index is 12.4. The lowest BCUT2D eigenvalue weighted by Crippen LogP contribution is -2.52. The van der Waals surface area contributed by atoms with Gasteiger partial charge in [0.1, 0.15) is 5.78 Å². The molecule has 0 aliphatic heterocycles. The lowest BCUT2D eigenvalue weighted by molar-refractivity contribution is -0.131. The number of carbonyl (C=O) groups is 2. The number of rotatable bonds is 0. The molecule has 0 amide bonds. The van der Waals surface area contributed by atoms with Crippen LogP contribution in [0.4, 0.5) is 0 Å². The van der Waals surface area contributed by atoms with E-state index in [1.807, 2.05) is 6.08 Å². The largest absolute Gasteiger partial charge is 0.299 e. The Morgan fingerprint density at radius 1 is 1.18 bits per heavy atom. The summed E-state index contributed by atoms with van der Waals surface area (Å²) < 4.78 is 0. The molecule has 118 valence electrons. The van der Waals surface area contributed by atoms with Gasteiger partial charge in [-0.15, -0.1) is 0 Å². The zero-order chi connectivity index (χ0) is 15.7. The number of hydrogen-bond donors (Lipinski definition) is 0. The average Bonchev–Trinajstić information content (AvgIpc) is 2.77. The van der Waals surface area contributed by atoms with E-state index in [2.05, 4.69) is 35.9 Å². The molecule has 4 aliphatic carbocycles. The molecule has 4 aliphatic rings. The van der Waals surface area contributed by atoms with Gasteiger partial charge in [-0.1, -0.05) is 35.9 Å². The van der Waals surface area contributed by atoms with Crippen molar-refractivity contribution >= 4 is 27.5 Å². The van der Waals surface area contributed by atoms with Crippen LogP contribution in [0.5, 0.6) is 0 Å². The van der Waals surface area contributed by atoms with Crippen LogP contribution in [-0.2, 0) is 9.59 Å². The van der Waals surface area contributed by atoms with E-state index in [1.165, 1.54) is 5.57 Å². The van der Waals surface area contributed by atoms with Crippen molar-refractivity contribution in [1.29, 1.82) is 0 Å². The minimum Gasteiger partial charge on any atom is -0.299 e. The Bertz CT molecular complexity index is 619. The summed E-state index contributed by atoms with van der Waals surface area (Å²) in [5, 5.41) is 0. The summed E-state index contributed by atoms with van der Waals surface area (Å²) in [6, 6.07) is 0. The van der Waals surface area contributed by atoms with E-state index >= 15 is 0 Å². The number of halogens is 1. The highest BCUT2D eigenvalue weighted by Crippen LogP contribution is 2.64. The van der Waals surface area contributed by atoms with E-state index in [9.17, 15) is 9.59 Å². The highest BCUT2D eigenvalue weighted by Gasteiger charge is 2.59. The molecule has 6 atom stereocenters. The van der Waals surface area contributed by atoms with Gasteiger partial charge in [-0.2, -0.15) is 0 Å². The van der Waals surface area contributed by atoms with Crippen LogP contribution in [-0.4, -0.2) is 16.4 Å². The second-order valence-corrected chi connectivity index (χ2v) is 9.22. The Morgan fingerprint density at radius 3 is 2.73 bits per heavy atom. The SMILES string of the molecule is C[C@]12C=CC(=O)C=C1C(Br)C[C@@H]1[C@@H]2CC[C@]2(C)C(=O)CC[C@@H]12. The normalized spacial score (nSPS) is 50.2. The molecule has 3 fully saturated rings. The van der Waals surface area contributed by atoms with Crippen LogP contribution >= 0.6 is 15.9 Å². The van der Waals surface area contributed by atoms with Gasteiger partial charge in [0.15, 0.2) is 5.78 Å². The van der Waals surface area contributed by atoms with Gasteiger partial charge in [0.2, 0.25) is 0 Å². The molecule has 3 saturated carbocycles. The van der Waals surface area contributed by atoms with Gasteiger partial charge in [-0.25, -0.2) is 0 Å². The number of allylic oxidation sites excluding steroid dienone is 4. The van der Waals surface area contributed by atoms with Crippen LogP contribution in [0.3, 0.4) is 0 Å². The third-order valence-electron chi connectivity index (χ3n) is 7.25. The van der Waals surface area contributed by atoms with E-state index in [-0.39, 0.29) is 21.4 Å². The molecule has 22 heavy (non-hydrogen) atoms. The summed E-state index contributed by atoms with van der Waals surface area (Å²) in [5.41, 5.74) is 1.16. The minimum absolute atomic E-state index is 0.0159. The fourth-order valence-corrected chi connectivity index (χ4v) is 7.03. The first kappa shape index (κ1) is 14.9. The van der Waals surface area contributed by atoms with Crippen LogP contribution < -0.4 is 0 Å². The van der Waals surface area contributed by atoms with Crippen molar-refractivity contribution in [3.8, 4) is 0 Å². The van der Waals surface area contributed by atoms with E-state index in [4.69, 9.17) is 0 Å². The molecule has 2 nitrogen and oxygen atoms in total. The van der Waals surface area contributed by atoms with Gasteiger partial charge in [0, 0.05) is 22.1 Å². The fraction of sp³-hybridized carbons (Fsp3) is 0.684. The number of Topliss-reactive ketones (excluding diaryl/α,β-unsaturated/α-hetero) is 1. The number of fused-ring (bicyclic) bond motifs is 5. The maximum Gasteiger partial charge on any atom is 0.178 e. The van der Waals surface area contributed by atoms with Crippen molar-refractivity contribution in [1.82, 2.24) is 0 Å². The van der Waals surface area contributed by atoms with Crippen LogP contribution in [0.15, 0.2) is 23.8 Å². The maximum atomic E-state index is 12.4. The van der Waals surface area contributed by atoms with Crippen molar-refractivity contribution < 1.29 is 9.59 Å². The summed E-state index contributed by atoms with van der Waals surface area (Å²) in [4.78, 5) is 24.5. The summed E-state index contributed by atoms with van der Waals surface area (Å²) in [5.74, 6) is 2.30. The second kappa shape index (κ2) is 4.66. The third-order valence-corrected chi connectivity index (χ3v) is 8.11. The Labute approximate surface area is 140 Å². The Balaban J connectivity index is 1.76. The molecule has 0 N–H and O–H groups in total. The summed E-state index contributed by atoms with van der Waals surface area (Å²) in [7, 11) is 0. The zero-order valence-corrected chi connectivity index (χ0v) is 14.9. The number of carbonyl (C=O) groups excluding carboxylic acids is 2. The standard InChI is InChI=1S/C19H23BrO2/c1-18-7-5-11(21)9-15(18)16(20)10-12-13-3-4-17(22)19(13,2)8-6-14(12)18/h5,7,9,12-14,16H,3-4,6,8,10H2,1-2H3/t12-,13-,14-,16?,18+,19-/m0/s1. The molecule has 0 radical (unpaired) electrons. The van der Waals surface area contributed by atoms with Crippen molar-refractivity contribution in [2.24, 2.45) is 28.6 Å². The molecular weight excluding hydrogens is 340 g/mol. The Hall–Kier alpha value is -0.700. The Morgan fingerprint density at radius 2 is 1.95 bits per heavy atom. The summed E-state index contributed by atoms with van der Waals surface area (Å²) >= 11 is 3.85. The van der Waals surface area contributed by atoms with Crippen LogP contribution in [0.1, 0.15) is 46.0 Å². The molecule has 0 heterocycles. The molecule has 4 rings (SSSR count). The van der Waals surface area contributed by atoms with E-state index < -0.39 is 0 Å². The lowest BCUT2D eigenvalue weighted by atomic mass is 9.48. The number of ketones is 2. The molecule has 0 spiro atoms. The van der Waals surface area contributed by atoms with Crippen molar-refractivity contribution in [2.75, 3.05) is 0 Å². The van der Waals surface area contributed by atoms with Crippen molar-refractivity contribution in [3.63, 3.8) is 0 Å². The summed E-state index contributed by atoms with van der Waals surface area (Å²) in [6.45, 7) is 4.51. The molecule has 3 heteroatoms. The zero-order valence-electron chi connectivity index (χ0n) is 13.3. The monoisotopic (exact) mass is 362 g/mol. The van der Waals surface area contributed by atoms with E-state index in [0.29, 0.717) is 23.5 Å². The first-order chi connectivity index (χ1) is 10.4. The van der Waals surface area contributed by atoms with E-state index in [0.717, 1.165) is 32.1 Å². The van der Waals surface area contributed by atoms with Crippen LogP contribution in [0.2, 0.25) is 0 Å². The Kier molecular flexibility index (Phi) is 3.15. The molecule has 0 aromatic carbocycles. The van der Waals surface area contributed by atoms with Crippen LogP contribution in [0, 0.1) is 28.6 Å². The highest BCUT2D eigenvalue weighted by molar-refractivity contribution is 9.09. The summed E-state index contributed by atoms with van der Waals surface area (Å²) in [6.07, 6.45) is 10.8. The molecule has 0 bridgehead atoms. The van der Waals surface area contributed by atoms with Crippen molar-refractivity contribution in [2.45, 2.75) is 50.8 Å². The quantitative estimate of drug-likeness (QED) is 0.604. The van der Waals surface area contributed by atoms with Crippen LogP contribution in [0.25, 0.3) is 0 Å². The fourth-order valence-electron chi connectivity index (χ4n) is 5.97. The molecular formula is C19H23BrO2. The lowest BCUT2D eigenvalue weighted by Gasteiger charge is -2.56. The van der Waals surface area contributed by atoms with Gasteiger partial charge in [0.05, 0.1) is 0 Å². The number of alkyl halides is 1. The smallest absolute Gasteiger partial charge is 0.178 e. The second-order valence-electron chi connectivity index (χ2n) is 8.12. The van der Waals surface area contributed by atoms with Gasteiger partial charge in [0.25, 0.3) is 0 Å². The highest BCUT2D eigenvalue weighted by atomic mass is 79.9. The average molecular weight is 363 g/mol. The van der Waals surface area contributed by atoms with E-state index in [1.54, 1.807) is 6.08 Å². The molecule has 0 aromatic heterocycles. The predicted octanol–water partition coefficient (Wildman–Crippen LogP) is 4.24. The number of hydrogen-bond acceptors (Lipinski definition) is 2. The van der Waals surface area contributed by atoms with Gasteiger partial charge in [-0.3, -0.25) is 9.59 Å². The predicted molar refractivity (Wildman–Crippen MR) is 89.7 cm³/mol. The van der Waals surface area contributed by atoms with Crippen molar-refractivity contribution in [3.05, 3.63) is 23.8 Å². The molecule has 0 aromatic rings. The molecule has 1 unspecified atom stereocenters. The molecule has 0 saturated heterocycles.